The van der Waals surface area contributed by atoms with Crippen molar-refractivity contribution >= 4 is 9.84 Å². The van der Waals surface area contributed by atoms with Crippen LogP contribution in [0.3, 0.4) is 0 Å². The molecule has 0 spiro atoms. The number of sulfone groups is 1. The summed E-state index contributed by atoms with van der Waals surface area (Å²) >= 11 is 0. The van der Waals surface area contributed by atoms with Crippen LogP contribution in [0.2, 0.25) is 0 Å². The molecule has 0 unspecified atom stereocenters. The Morgan fingerprint density at radius 3 is 2.44 bits per heavy atom. The minimum absolute atomic E-state index is 0.0241. The number of rotatable bonds is 5. The number of aryl methyl sites for hydroxylation is 2. The molecule has 16 heavy (non-hydrogen) atoms. The number of aliphatic hydroxyl groups excluding tert-OH is 1. The van der Waals surface area contributed by atoms with E-state index in [-0.39, 0.29) is 12.4 Å². The van der Waals surface area contributed by atoms with E-state index in [0.717, 1.165) is 17.0 Å². The maximum Gasteiger partial charge on any atom is 0.147 e. The summed E-state index contributed by atoms with van der Waals surface area (Å²) in [5.41, 5.74) is 2.55. The largest absolute Gasteiger partial charge is 0.392 e. The van der Waals surface area contributed by atoms with Crippen LogP contribution in [0, 0.1) is 13.8 Å². The summed E-state index contributed by atoms with van der Waals surface area (Å²) in [7, 11) is -2.91. The molecule has 0 aromatic carbocycles. The van der Waals surface area contributed by atoms with Crippen LogP contribution in [0.25, 0.3) is 0 Å². The highest BCUT2D eigenvalue weighted by Crippen LogP contribution is 2.13. The highest BCUT2D eigenvalue weighted by Gasteiger charge is 2.10. The highest BCUT2D eigenvalue weighted by molar-refractivity contribution is 7.90. The highest BCUT2D eigenvalue weighted by atomic mass is 32.2. The van der Waals surface area contributed by atoms with Crippen LogP contribution in [-0.4, -0.2) is 35.3 Å². The van der Waals surface area contributed by atoms with Crippen molar-refractivity contribution in [1.82, 2.24) is 9.78 Å². The van der Waals surface area contributed by atoms with Crippen molar-refractivity contribution in [3.05, 3.63) is 17.0 Å². The van der Waals surface area contributed by atoms with Gasteiger partial charge in [-0.15, -0.1) is 0 Å². The van der Waals surface area contributed by atoms with E-state index in [2.05, 4.69) is 5.10 Å². The summed E-state index contributed by atoms with van der Waals surface area (Å²) in [4.78, 5) is 0. The van der Waals surface area contributed by atoms with Crippen LogP contribution in [0.1, 0.15) is 23.4 Å². The molecule has 0 aliphatic rings. The number of hydrogen-bond donors (Lipinski definition) is 1. The summed E-state index contributed by atoms with van der Waals surface area (Å²) in [5.74, 6) is 0.166. The van der Waals surface area contributed by atoms with Crippen molar-refractivity contribution in [1.29, 1.82) is 0 Å². The third kappa shape index (κ3) is 3.31. The summed E-state index contributed by atoms with van der Waals surface area (Å²) in [6, 6.07) is 0. The molecule has 1 aromatic rings. The predicted octanol–water partition coefficient (Wildman–Crippen LogP) is 0.427. The Labute approximate surface area is 96.0 Å². The lowest BCUT2D eigenvalue weighted by atomic mass is 10.2. The molecule has 1 heterocycles. The van der Waals surface area contributed by atoms with E-state index in [0.29, 0.717) is 13.0 Å². The molecule has 1 N–H and O–H groups in total. The molecule has 5 nitrogen and oxygen atoms in total. The summed E-state index contributed by atoms with van der Waals surface area (Å²) in [6.45, 7) is 4.26. The monoisotopic (exact) mass is 246 g/mol. The fraction of sp³-hybridized carbons (Fsp3) is 0.700. The van der Waals surface area contributed by atoms with Crippen LogP contribution in [0.15, 0.2) is 0 Å². The second-order valence-electron chi connectivity index (χ2n) is 4.01. The first-order valence-electron chi connectivity index (χ1n) is 5.16. The van der Waals surface area contributed by atoms with Crippen molar-refractivity contribution in [2.24, 2.45) is 0 Å². The number of aromatic nitrogens is 2. The second-order valence-corrected chi connectivity index (χ2v) is 6.27. The number of hydrogen-bond acceptors (Lipinski definition) is 4. The van der Waals surface area contributed by atoms with Gasteiger partial charge in [-0.1, -0.05) is 0 Å². The van der Waals surface area contributed by atoms with Gasteiger partial charge in [0.1, 0.15) is 9.84 Å². The van der Waals surface area contributed by atoms with Crippen LogP contribution in [0.4, 0.5) is 0 Å². The van der Waals surface area contributed by atoms with Gasteiger partial charge in [-0.3, -0.25) is 4.68 Å². The van der Waals surface area contributed by atoms with Gasteiger partial charge in [-0.25, -0.2) is 8.42 Å². The first kappa shape index (κ1) is 13.2. The molecule has 0 saturated carbocycles. The third-order valence-electron chi connectivity index (χ3n) is 2.57. The van der Waals surface area contributed by atoms with E-state index in [9.17, 15) is 8.42 Å². The quantitative estimate of drug-likeness (QED) is 0.817. The van der Waals surface area contributed by atoms with Crippen molar-refractivity contribution in [2.75, 3.05) is 12.0 Å². The molecule has 0 amide bonds. The standard InChI is InChI=1S/C10H18N2O3S/c1-8-10(7-13)9(2)12(11-8)5-4-6-16(3,14)15/h13H,4-7H2,1-3H3. The van der Waals surface area contributed by atoms with E-state index in [1.165, 1.54) is 6.26 Å². The Kier molecular flexibility index (Phi) is 4.09. The molecule has 92 valence electrons. The molecule has 0 radical (unpaired) electrons. The SMILES string of the molecule is Cc1nn(CCCS(C)(=O)=O)c(C)c1CO. The van der Waals surface area contributed by atoms with Gasteiger partial charge in [0, 0.05) is 24.1 Å². The van der Waals surface area contributed by atoms with Crippen LogP contribution < -0.4 is 0 Å². The Hall–Kier alpha value is -0.880. The van der Waals surface area contributed by atoms with Crippen LogP contribution in [-0.2, 0) is 23.0 Å². The van der Waals surface area contributed by atoms with Gasteiger partial charge in [0.15, 0.2) is 0 Å². The molecule has 1 rings (SSSR count). The number of nitrogens with zero attached hydrogens (tertiary/aromatic N) is 2. The van der Waals surface area contributed by atoms with E-state index in [4.69, 9.17) is 5.11 Å². The maximum atomic E-state index is 11.0. The molecule has 0 aliphatic heterocycles. The first-order valence-corrected chi connectivity index (χ1v) is 7.22. The number of aliphatic hydroxyl groups is 1. The first-order chi connectivity index (χ1) is 7.35. The fourth-order valence-electron chi connectivity index (χ4n) is 1.66. The van der Waals surface area contributed by atoms with Crippen molar-refractivity contribution < 1.29 is 13.5 Å². The molecule has 0 atom stereocenters. The van der Waals surface area contributed by atoms with Gasteiger partial charge in [-0.05, 0) is 20.3 Å². The Balaban J connectivity index is 2.68. The molecule has 0 bridgehead atoms. The molecule has 0 saturated heterocycles. The molecule has 1 aromatic heterocycles. The van der Waals surface area contributed by atoms with Crippen molar-refractivity contribution in [3.8, 4) is 0 Å². The second kappa shape index (κ2) is 4.97. The van der Waals surface area contributed by atoms with Crippen molar-refractivity contribution in [3.63, 3.8) is 0 Å². The lowest BCUT2D eigenvalue weighted by molar-refractivity contribution is 0.280. The maximum absolute atomic E-state index is 11.0. The Bertz CT molecular complexity index is 463. The average Bonchev–Trinajstić information content (AvgIpc) is 2.40. The average molecular weight is 246 g/mol. The summed E-state index contributed by atoms with van der Waals surface area (Å²) in [6.07, 6.45) is 1.78. The van der Waals surface area contributed by atoms with Crippen LogP contribution >= 0.6 is 0 Å². The van der Waals surface area contributed by atoms with Gasteiger partial charge in [-0.2, -0.15) is 5.10 Å². The van der Waals surface area contributed by atoms with E-state index in [1.54, 1.807) is 4.68 Å². The fourth-order valence-corrected chi connectivity index (χ4v) is 2.31. The summed E-state index contributed by atoms with van der Waals surface area (Å²) < 4.78 is 23.7. The molecule has 6 heteroatoms. The zero-order chi connectivity index (χ0) is 12.3. The molecular formula is C10H18N2O3S. The van der Waals surface area contributed by atoms with E-state index < -0.39 is 9.84 Å². The van der Waals surface area contributed by atoms with Gasteiger partial charge in [0.2, 0.25) is 0 Å². The third-order valence-corrected chi connectivity index (χ3v) is 3.60. The zero-order valence-electron chi connectivity index (χ0n) is 9.89. The molecule has 0 fully saturated rings. The molecule has 0 aliphatic carbocycles. The van der Waals surface area contributed by atoms with Gasteiger partial charge in [0.25, 0.3) is 0 Å². The van der Waals surface area contributed by atoms with E-state index in [1.807, 2.05) is 13.8 Å². The van der Waals surface area contributed by atoms with Gasteiger partial charge in [0.05, 0.1) is 18.1 Å². The minimum Gasteiger partial charge on any atom is -0.392 e. The summed E-state index contributed by atoms with van der Waals surface area (Å²) in [5, 5.41) is 13.4. The molecular weight excluding hydrogens is 228 g/mol. The topological polar surface area (TPSA) is 72.2 Å². The predicted molar refractivity (Wildman–Crippen MR) is 62.0 cm³/mol. The smallest absolute Gasteiger partial charge is 0.147 e. The lowest BCUT2D eigenvalue weighted by Crippen LogP contribution is -2.09. The minimum atomic E-state index is -2.91. The zero-order valence-corrected chi connectivity index (χ0v) is 10.7. The van der Waals surface area contributed by atoms with Crippen LogP contribution in [0.5, 0.6) is 0 Å². The Morgan fingerprint density at radius 2 is 2.00 bits per heavy atom. The van der Waals surface area contributed by atoms with E-state index >= 15 is 0 Å². The van der Waals surface area contributed by atoms with Gasteiger partial charge < -0.3 is 5.11 Å². The van der Waals surface area contributed by atoms with Gasteiger partial charge >= 0.3 is 0 Å². The Morgan fingerprint density at radius 1 is 1.38 bits per heavy atom. The van der Waals surface area contributed by atoms with Crippen molar-refractivity contribution in [2.45, 2.75) is 33.4 Å². The lowest BCUT2D eigenvalue weighted by Gasteiger charge is -2.04. The normalized spacial score (nSPS) is 12.0.